The van der Waals surface area contributed by atoms with Crippen LogP contribution < -0.4 is 5.73 Å². The minimum Gasteiger partial charge on any atom is -0.383 e. The van der Waals surface area contributed by atoms with Crippen LogP contribution in [0.2, 0.25) is 0 Å². The molecule has 0 radical (unpaired) electrons. The van der Waals surface area contributed by atoms with Gasteiger partial charge in [0, 0.05) is 18.6 Å². The number of nitrogens with zero attached hydrogens (tertiary/aromatic N) is 3. The van der Waals surface area contributed by atoms with E-state index in [1.165, 1.54) is 31.2 Å². The van der Waals surface area contributed by atoms with Crippen molar-refractivity contribution in [3.63, 3.8) is 0 Å². The Morgan fingerprint density at radius 1 is 1.00 bits per heavy atom. The molecule has 1 aliphatic rings. The van der Waals surface area contributed by atoms with Gasteiger partial charge in [-0.15, -0.1) is 0 Å². The number of rotatable bonds is 2. The van der Waals surface area contributed by atoms with Crippen LogP contribution in [-0.4, -0.2) is 15.0 Å². The van der Waals surface area contributed by atoms with E-state index in [4.69, 9.17) is 5.73 Å². The fourth-order valence-electron chi connectivity index (χ4n) is 2.93. The molecule has 0 amide bonds. The van der Waals surface area contributed by atoms with Crippen molar-refractivity contribution in [2.24, 2.45) is 5.92 Å². The summed E-state index contributed by atoms with van der Waals surface area (Å²) in [5, 5.41) is 0. The molecule has 22 heavy (non-hydrogen) atoms. The molecule has 0 unspecified atom stereocenters. The van der Waals surface area contributed by atoms with Crippen molar-refractivity contribution in [2.45, 2.75) is 52.4 Å². The highest BCUT2D eigenvalue weighted by atomic mass is 14.9. The Morgan fingerprint density at radius 3 is 2.27 bits per heavy atom. The summed E-state index contributed by atoms with van der Waals surface area (Å²) in [5.41, 5.74) is 8.10. The Morgan fingerprint density at radius 2 is 1.64 bits per heavy atom. The molecule has 0 atom stereocenters. The van der Waals surface area contributed by atoms with E-state index in [2.05, 4.69) is 27.9 Å². The lowest BCUT2D eigenvalue weighted by molar-refractivity contribution is 0.347. The van der Waals surface area contributed by atoms with Gasteiger partial charge in [-0.1, -0.05) is 33.6 Å². The van der Waals surface area contributed by atoms with Crippen LogP contribution in [0.3, 0.4) is 0 Å². The van der Waals surface area contributed by atoms with Crippen LogP contribution in [-0.2, 0) is 0 Å². The lowest BCUT2D eigenvalue weighted by Crippen LogP contribution is -2.11. The molecule has 2 N–H and O–H groups in total. The summed E-state index contributed by atoms with van der Waals surface area (Å²) in [6.07, 6.45) is 10.5. The number of hydrogen-bond donors (Lipinski definition) is 1. The molecule has 2 aromatic heterocycles. The topological polar surface area (TPSA) is 64.7 Å². The van der Waals surface area contributed by atoms with Crippen LogP contribution in [0, 0.1) is 5.92 Å². The van der Waals surface area contributed by atoms with Gasteiger partial charge in [-0.3, -0.25) is 0 Å². The molecule has 0 spiro atoms. The summed E-state index contributed by atoms with van der Waals surface area (Å²) < 4.78 is 0. The van der Waals surface area contributed by atoms with Gasteiger partial charge < -0.3 is 5.73 Å². The van der Waals surface area contributed by atoms with E-state index in [0.717, 1.165) is 11.5 Å². The zero-order chi connectivity index (χ0) is 15.9. The van der Waals surface area contributed by atoms with E-state index < -0.39 is 0 Å². The summed E-state index contributed by atoms with van der Waals surface area (Å²) in [6, 6.07) is 3.93. The molecule has 1 aliphatic carbocycles. The van der Waals surface area contributed by atoms with Crippen molar-refractivity contribution >= 4 is 5.82 Å². The van der Waals surface area contributed by atoms with E-state index in [9.17, 15) is 0 Å². The largest absolute Gasteiger partial charge is 0.383 e. The maximum atomic E-state index is 5.98. The number of nitrogens with two attached hydrogens (primary N) is 1. The first-order chi connectivity index (χ1) is 10.7. The highest BCUT2D eigenvalue weighted by Crippen LogP contribution is 2.36. The van der Waals surface area contributed by atoms with Gasteiger partial charge in [-0.05, 0) is 42.4 Å². The van der Waals surface area contributed by atoms with Crippen molar-refractivity contribution in [1.82, 2.24) is 15.0 Å². The van der Waals surface area contributed by atoms with Crippen molar-refractivity contribution in [3.8, 4) is 11.4 Å². The number of hydrogen-bond acceptors (Lipinski definition) is 4. The first-order valence-electron chi connectivity index (χ1n) is 8.27. The average molecular weight is 298 g/mol. The van der Waals surface area contributed by atoms with Gasteiger partial charge in [-0.25, -0.2) is 15.0 Å². The van der Waals surface area contributed by atoms with E-state index in [1.54, 1.807) is 18.5 Å². The molecule has 0 aliphatic heterocycles. The normalized spacial score (nSPS) is 20.9. The Hall–Kier alpha value is -1.97. The Bertz CT molecular complexity index is 575. The minimum atomic E-state index is 0.504. The lowest BCUT2D eigenvalue weighted by atomic mass is 9.79. The quantitative estimate of drug-likeness (QED) is 0.890. The third kappa shape index (κ3) is 3.81. The Balaban J connectivity index is 0.000000847. The maximum absolute atomic E-state index is 5.98. The number of anilines is 1. The maximum Gasteiger partial charge on any atom is 0.162 e. The van der Waals surface area contributed by atoms with Gasteiger partial charge in [0.05, 0.1) is 5.56 Å². The molecule has 2 heterocycles. The molecule has 3 rings (SSSR count). The van der Waals surface area contributed by atoms with Crippen molar-refractivity contribution < 1.29 is 0 Å². The molecule has 0 bridgehead atoms. The number of nitrogen functional groups attached to an aromatic ring is 1. The standard InChI is InChI=1S/C16H20N4.C2H6/c1-11-3-5-12(6-4-11)13-9-14(15(17)20-10-13)16-18-7-2-8-19-16;1-2/h2,7-12H,3-6H2,1H3,(H2,17,20);1-2H3. The van der Waals surface area contributed by atoms with Crippen LogP contribution in [0.25, 0.3) is 11.4 Å². The van der Waals surface area contributed by atoms with Crippen molar-refractivity contribution in [2.75, 3.05) is 5.73 Å². The van der Waals surface area contributed by atoms with Gasteiger partial charge in [-0.2, -0.15) is 0 Å². The van der Waals surface area contributed by atoms with Gasteiger partial charge in [0.1, 0.15) is 5.82 Å². The summed E-state index contributed by atoms with van der Waals surface area (Å²) in [5.74, 6) is 2.61. The predicted molar refractivity (Wildman–Crippen MR) is 91.4 cm³/mol. The Labute approximate surface area is 133 Å². The molecular weight excluding hydrogens is 272 g/mol. The zero-order valence-electron chi connectivity index (χ0n) is 13.8. The van der Waals surface area contributed by atoms with Gasteiger partial charge >= 0.3 is 0 Å². The fourth-order valence-corrected chi connectivity index (χ4v) is 2.93. The van der Waals surface area contributed by atoms with Crippen LogP contribution >= 0.6 is 0 Å². The third-order valence-corrected chi connectivity index (χ3v) is 4.23. The minimum absolute atomic E-state index is 0.504. The Kier molecular flexibility index (Phi) is 5.87. The molecule has 118 valence electrons. The second-order valence-corrected chi connectivity index (χ2v) is 5.73. The van der Waals surface area contributed by atoms with Gasteiger partial charge in [0.25, 0.3) is 0 Å². The number of aromatic nitrogens is 3. The molecule has 0 aromatic carbocycles. The van der Waals surface area contributed by atoms with Crippen LogP contribution in [0.1, 0.15) is 57.9 Å². The van der Waals surface area contributed by atoms with E-state index in [1.807, 2.05) is 20.0 Å². The van der Waals surface area contributed by atoms with Crippen LogP contribution in [0.5, 0.6) is 0 Å². The SMILES string of the molecule is CC.CC1CCC(c2cnc(N)c(-c3ncccn3)c2)CC1. The second-order valence-electron chi connectivity index (χ2n) is 5.73. The zero-order valence-corrected chi connectivity index (χ0v) is 13.8. The molecule has 2 aromatic rings. The lowest BCUT2D eigenvalue weighted by Gasteiger charge is -2.26. The second kappa shape index (κ2) is 7.87. The fraction of sp³-hybridized carbons (Fsp3) is 0.500. The molecule has 1 fully saturated rings. The van der Waals surface area contributed by atoms with Crippen LogP contribution in [0.15, 0.2) is 30.7 Å². The van der Waals surface area contributed by atoms with Gasteiger partial charge in [0.15, 0.2) is 5.82 Å². The van der Waals surface area contributed by atoms with Crippen LogP contribution in [0.4, 0.5) is 5.82 Å². The monoisotopic (exact) mass is 298 g/mol. The highest BCUT2D eigenvalue weighted by molar-refractivity contribution is 5.68. The van der Waals surface area contributed by atoms with E-state index >= 15 is 0 Å². The van der Waals surface area contributed by atoms with Crippen molar-refractivity contribution in [1.29, 1.82) is 0 Å². The summed E-state index contributed by atoms with van der Waals surface area (Å²) in [7, 11) is 0. The molecule has 4 nitrogen and oxygen atoms in total. The predicted octanol–water partition coefficient (Wildman–Crippen LogP) is 4.44. The van der Waals surface area contributed by atoms with E-state index in [0.29, 0.717) is 17.6 Å². The van der Waals surface area contributed by atoms with Gasteiger partial charge in [0.2, 0.25) is 0 Å². The first kappa shape index (κ1) is 16.4. The highest BCUT2D eigenvalue weighted by Gasteiger charge is 2.21. The molecular formula is C18H26N4. The molecule has 0 saturated heterocycles. The molecule has 4 heteroatoms. The first-order valence-corrected chi connectivity index (χ1v) is 8.27. The summed E-state index contributed by atoms with van der Waals surface area (Å²) >= 11 is 0. The van der Waals surface area contributed by atoms with Crippen molar-refractivity contribution in [3.05, 3.63) is 36.3 Å². The average Bonchev–Trinajstić information content (AvgIpc) is 2.59. The molecule has 1 saturated carbocycles. The summed E-state index contributed by atoms with van der Waals surface area (Å²) in [6.45, 7) is 6.33. The third-order valence-electron chi connectivity index (χ3n) is 4.23. The number of pyridine rings is 1. The smallest absolute Gasteiger partial charge is 0.162 e. The summed E-state index contributed by atoms with van der Waals surface area (Å²) in [4.78, 5) is 12.9. The van der Waals surface area contributed by atoms with E-state index in [-0.39, 0.29) is 0 Å².